The molecule has 1 N–H and O–H groups in total. The minimum absolute atomic E-state index is 0.00503. The fourth-order valence-corrected chi connectivity index (χ4v) is 3.02. The first kappa shape index (κ1) is 17.0. The first-order valence-electron chi connectivity index (χ1n) is 8.07. The monoisotopic (exact) mass is 305 g/mol. The Kier molecular flexibility index (Phi) is 5.59. The number of carbonyl (C=O) groups excluding carboxylic acids is 1. The van der Waals surface area contributed by atoms with Gasteiger partial charge in [-0.2, -0.15) is 0 Å². The van der Waals surface area contributed by atoms with Crippen LogP contribution in [0.3, 0.4) is 0 Å². The molecule has 4 atom stereocenters. The van der Waals surface area contributed by atoms with Crippen molar-refractivity contribution in [1.29, 1.82) is 0 Å². The van der Waals surface area contributed by atoms with Gasteiger partial charge in [0.1, 0.15) is 6.10 Å². The van der Waals surface area contributed by atoms with Gasteiger partial charge in [0, 0.05) is 0 Å². The van der Waals surface area contributed by atoms with Crippen LogP contribution in [0.5, 0.6) is 0 Å². The van der Waals surface area contributed by atoms with E-state index in [1.807, 2.05) is 62.9 Å². The summed E-state index contributed by atoms with van der Waals surface area (Å²) in [6.45, 7) is 8.39. The number of hydrogen-bond acceptors (Lipinski definition) is 3. The van der Waals surface area contributed by atoms with Crippen molar-refractivity contribution in [3.05, 3.63) is 35.9 Å². The van der Waals surface area contributed by atoms with Gasteiger partial charge in [0.25, 0.3) is 0 Å². The molecule has 0 spiro atoms. The minimum atomic E-state index is -0.593. The second kappa shape index (κ2) is 7.25. The summed E-state index contributed by atoms with van der Waals surface area (Å²) in [5.41, 5.74) is 1.09. The fraction of sp³-hybridized carbons (Fsp3) is 0.611. The van der Waals surface area contributed by atoms with E-state index >= 15 is 0 Å². The summed E-state index contributed by atoms with van der Waals surface area (Å²) in [5, 5.41) is 10.0. The van der Waals surface area contributed by atoms with Gasteiger partial charge in [-0.15, -0.1) is 0 Å². The molecule has 1 aliphatic rings. The highest BCUT2D eigenvalue weighted by Gasteiger charge is 2.37. The second-order valence-electron chi connectivity index (χ2n) is 6.57. The maximum absolute atomic E-state index is 12.6. The molecule has 1 saturated heterocycles. The fourth-order valence-electron chi connectivity index (χ4n) is 3.02. The van der Waals surface area contributed by atoms with E-state index in [-0.39, 0.29) is 36.4 Å². The summed E-state index contributed by atoms with van der Waals surface area (Å²) < 4.78 is 5.96. The van der Waals surface area contributed by atoms with Gasteiger partial charge in [0.15, 0.2) is 0 Å². The molecule has 0 bridgehead atoms. The number of nitrogens with zero attached hydrogens (tertiary/aromatic N) is 1. The molecule has 4 unspecified atom stereocenters. The van der Waals surface area contributed by atoms with Gasteiger partial charge in [-0.1, -0.05) is 44.2 Å². The predicted molar refractivity (Wildman–Crippen MR) is 86.4 cm³/mol. The van der Waals surface area contributed by atoms with Crippen LogP contribution in [0.15, 0.2) is 30.3 Å². The quantitative estimate of drug-likeness (QED) is 0.930. The highest BCUT2D eigenvalue weighted by Crippen LogP contribution is 2.31. The molecule has 0 saturated carbocycles. The molecule has 1 aromatic carbocycles. The molecular formula is C18H27NO3. The normalized spacial score (nSPS) is 27.0. The van der Waals surface area contributed by atoms with Gasteiger partial charge >= 0.3 is 0 Å². The third kappa shape index (κ3) is 3.68. The Labute approximate surface area is 133 Å². The molecule has 0 aromatic heterocycles. The smallest absolute Gasteiger partial charge is 0.225 e. The van der Waals surface area contributed by atoms with E-state index in [2.05, 4.69) is 0 Å². The van der Waals surface area contributed by atoms with Crippen LogP contribution in [0.2, 0.25) is 0 Å². The van der Waals surface area contributed by atoms with E-state index in [9.17, 15) is 9.90 Å². The summed E-state index contributed by atoms with van der Waals surface area (Å²) in [6, 6.07) is 9.99. The lowest BCUT2D eigenvalue weighted by Gasteiger charge is -2.44. The van der Waals surface area contributed by atoms with Crippen LogP contribution in [0, 0.1) is 5.92 Å². The number of aliphatic hydroxyl groups is 1. The zero-order chi connectivity index (χ0) is 16.3. The van der Waals surface area contributed by atoms with Gasteiger partial charge in [-0.25, -0.2) is 0 Å². The van der Waals surface area contributed by atoms with Gasteiger partial charge in [-0.3, -0.25) is 4.79 Å². The van der Waals surface area contributed by atoms with E-state index in [0.29, 0.717) is 6.61 Å². The van der Waals surface area contributed by atoms with E-state index in [0.717, 1.165) is 5.56 Å². The maximum atomic E-state index is 12.6. The number of carbonyl (C=O) groups is 1. The summed E-state index contributed by atoms with van der Waals surface area (Å²) in [5.74, 6) is 0.0888. The van der Waals surface area contributed by atoms with Crippen LogP contribution in [-0.2, 0) is 9.53 Å². The Balaban J connectivity index is 2.13. The number of benzene rings is 1. The lowest BCUT2D eigenvalue weighted by Crippen LogP contribution is -2.54. The van der Waals surface area contributed by atoms with E-state index in [1.165, 1.54) is 0 Å². The molecule has 1 amide bonds. The number of rotatable bonds is 4. The van der Waals surface area contributed by atoms with Crippen LogP contribution >= 0.6 is 0 Å². The third-order valence-corrected chi connectivity index (χ3v) is 4.44. The number of aliphatic hydroxyl groups excluding tert-OH is 1. The van der Waals surface area contributed by atoms with Crippen molar-refractivity contribution >= 4 is 5.91 Å². The van der Waals surface area contributed by atoms with Crippen molar-refractivity contribution in [3.8, 4) is 0 Å². The second-order valence-corrected chi connectivity index (χ2v) is 6.57. The zero-order valence-electron chi connectivity index (χ0n) is 13.9. The molecule has 2 rings (SSSR count). The van der Waals surface area contributed by atoms with Gasteiger partial charge < -0.3 is 14.7 Å². The Morgan fingerprint density at radius 2 is 1.95 bits per heavy atom. The molecule has 22 heavy (non-hydrogen) atoms. The summed E-state index contributed by atoms with van der Waals surface area (Å²) in [6.07, 6.45) is -0.532. The number of amides is 1. The van der Waals surface area contributed by atoms with Crippen molar-refractivity contribution < 1.29 is 14.6 Å². The van der Waals surface area contributed by atoms with Gasteiger partial charge in [0.2, 0.25) is 5.91 Å². The van der Waals surface area contributed by atoms with Crippen molar-refractivity contribution in [1.82, 2.24) is 4.90 Å². The summed E-state index contributed by atoms with van der Waals surface area (Å²) in [4.78, 5) is 14.5. The first-order valence-corrected chi connectivity index (χ1v) is 8.07. The Morgan fingerprint density at radius 1 is 1.32 bits per heavy atom. The molecule has 1 fully saturated rings. The van der Waals surface area contributed by atoms with Crippen molar-refractivity contribution in [2.24, 2.45) is 5.92 Å². The molecule has 1 aliphatic heterocycles. The van der Waals surface area contributed by atoms with E-state index < -0.39 is 6.10 Å². The minimum Gasteiger partial charge on any atom is -0.392 e. The van der Waals surface area contributed by atoms with Crippen LogP contribution in [0.1, 0.15) is 45.8 Å². The highest BCUT2D eigenvalue weighted by molar-refractivity contribution is 5.77. The largest absolute Gasteiger partial charge is 0.392 e. The third-order valence-electron chi connectivity index (χ3n) is 4.44. The van der Waals surface area contributed by atoms with Crippen LogP contribution in [0.25, 0.3) is 0 Å². The Morgan fingerprint density at radius 3 is 2.55 bits per heavy atom. The average molecular weight is 305 g/mol. The molecule has 4 heteroatoms. The average Bonchev–Trinajstić information content (AvgIpc) is 2.48. The van der Waals surface area contributed by atoms with E-state index in [4.69, 9.17) is 4.74 Å². The molecule has 0 radical (unpaired) electrons. The van der Waals surface area contributed by atoms with Crippen LogP contribution in [0.4, 0.5) is 0 Å². The molecule has 122 valence electrons. The lowest BCUT2D eigenvalue weighted by atomic mass is 9.97. The molecule has 1 aromatic rings. The molecule has 4 nitrogen and oxygen atoms in total. The summed E-state index contributed by atoms with van der Waals surface area (Å²) in [7, 11) is 0. The number of ether oxygens (including phenoxy) is 1. The number of morpholine rings is 1. The highest BCUT2D eigenvalue weighted by atomic mass is 16.5. The molecule has 1 heterocycles. The summed E-state index contributed by atoms with van der Waals surface area (Å²) >= 11 is 0. The van der Waals surface area contributed by atoms with Crippen LogP contribution in [-0.4, -0.2) is 40.7 Å². The zero-order valence-corrected chi connectivity index (χ0v) is 13.9. The Hall–Kier alpha value is -1.39. The van der Waals surface area contributed by atoms with Crippen molar-refractivity contribution in [2.75, 3.05) is 6.61 Å². The number of hydrogen-bond donors (Lipinski definition) is 1. The van der Waals surface area contributed by atoms with Crippen molar-refractivity contribution in [2.45, 2.75) is 58.4 Å². The van der Waals surface area contributed by atoms with Crippen LogP contribution < -0.4 is 0 Å². The maximum Gasteiger partial charge on any atom is 0.225 e. The van der Waals surface area contributed by atoms with E-state index in [1.54, 1.807) is 0 Å². The Bertz CT molecular complexity index is 488. The first-order chi connectivity index (χ1) is 10.4. The lowest BCUT2D eigenvalue weighted by molar-refractivity contribution is -0.155. The molecule has 0 aliphatic carbocycles. The predicted octanol–water partition coefficient (Wildman–Crippen LogP) is 2.77. The standard InChI is InChI=1S/C18H27NO3/c1-12(2)16(20)10-17(21)19-13(3)11-22-18(14(19)4)15-8-6-5-7-9-15/h5-9,12-14,16,18,20H,10-11H2,1-4H3. The molecular weight excluding hydrogens is 278 g/mol. The van der Waals surface area contributed by atoms with Gasteiger partial charge in [-0.05, 0) is 25.3 Å². The SMILES string of the molecule is CC(C)C(O)CC(=O)N1C(C)COC(c2ccccc2)C1C. The topological polar surface area (TPSA) is 49.8 Å². The van der Waals surface area contributed by atoms with Crippen molar-refractivity contribution in [3.63, 3.8) is 0 Å². The van der Waals surface area contributed by atoms with Gasteiger partial charge in [0.05, 0.1) is 31.2 Å².